The first kappa shape index (κ1) is 24.8. The summed E-state index contributed by atoms with van der Waals surface area (Å²) in [6.45, 7) is 4.08. The Hall–Kier alpha value is -3.88. The van der Waals surface area contributed by atoms with Gasteiger partial charge in [-0.3, -0.25) is 4.79 Å². The van der Waals surface area contributed by atoms with E-state index < -0.39 is 0 Å². The Kier molecular flexibility index (Phi) is 7.67. The van der Waals surface area contributed by atoms with Gasteiger partial charge in [-0.1, -0.05) is 42.5 Å². The van der Waals surface area contributed by atoms with E-state index in [1.807, 2.05) is 48.5 Å². The molecule has 3 aromatic carbocycles. The van der Waals surface area contributed by atoms with Crippen LogP contribution in [0.1, 0.15) is 53.1 Å². The van der Waals surface area contributed by atoms with Gasteiger partial charge in [-0.2, -0.15) is 5.26 Å². The molecule has 0 unspecified atom stereocenters. The van der Waals surface area contributed by atoms with Gasteiger partial charge in [-0.15, -0.1) is 0 Å². The minimum atomic E-state index is -0.0257. The molecule has 1 saturated heterocycles. The molecule has 2 heterocycles. The second-order valence-electron chi connectivity index (χ2n) is 10.1. The summed E-state index contributed by atoms with van der Waals surface area (Å²) in [7, 11) is 2.15. The lowest BCUT2D eigenvalue weighted by Crippen LogP contribution is -2.34. The van der Waals surface area contributed by atoms with E-state index in [4.69, 9.17) is 5.26 Å². The molecule has 1 aromatic heterocycles. The minimum Gasteiger partial charge on any atom is -0.352 e. The van der Waals surface area contributed by atoms with E-state index in [1.165, 1.54) is 29.3 Å². The minimum absolute atomic E-state index is 0.0257. The highest BCUT2D eigenvalue weighted by Gasteiger charge is 2.23. The number of nitrogens with one attached hydrogen (secondary N) is 1. The molecule has 5 rings (SSSR count). The second kappa shape index (κ2) is 11.5. The number of aromatic nitrogens is 1. The number of carbonyl (C=O) groups excluding carboxylic acids is 1. The number of nitriles is 1. The highest BCUT2D eigenvalue weighted by molar-refractivity contribution is 5.94. The smallest absolute Gasteiger partial charge is 0.251 e. The Bertz CT molecular complexity index is 1390. The Morgan fingerprint density at radius 1 is 0.946 bits per heavy atom. The predicted octanol–water partition coefficient (Wildman–Crippen LogP) is 6.11. The molecule has 4 aromatic rings. The van der Waals surface area contributed by atoms with Gasteiger partial charge < -0.3 is 14.8 Å². The van der Waals surface area contributed by atoms with Gasteiger partial charge in [0, 0.05) is 36.3 Å². The number of rotatable bonds is 8. The number of unbranched alkanes of at least 4 members (excludes halogenated alkanes) is 1. The molecule has 0 spiro atoms. The van der Waals surface area contributed by atoms with Crippen LogP contribution in [-0.4, -0.2) is 41.6 Å². The number of hydrogen-bond acceptors (Lipinski definition) is 3. The number of nitrogens with zero attached hydrogens (tertiary/aromatic N) is 3. The number of benzene rings is 3. The number of hydrogen-bond donors (Lipinski definition) is 1. The summed E-state index contributed by atoms with van der Waals surface area (Å²) in [5.74, 6) is 0.618. The van der Waals surface area contributed by atoms with Crippen LogP contribution in [0, 0.1) is 11.3 Å². The summed E-state index contributed by atoms with van der Waals surface area (Å²) in [6.07, 6.45) is 6.83. The van der Waals surface area contributed by atoms with Crippen molar-refractivity contribution in [2.24, 2.45) is 7.05 Å². The lowest BCUT2D eigenvalue weighted by Gasteiger charge is -2.32. The zero-order chi connectivity index (χ0) is 25.6. The monoisotopic (exact) mass is 490 g/mol. The Labute approximate surface area is 219 Å². The zero-order valence-corrected chi connectivity index (χ0v) is 21.5. The molecule has 1 aliphatic rings. The molecule has 1 amide bonds. The molecule has 188 valence electrons. The Morgan fingerprint density at radius 3 is 2.32 bits per heavy atom. The van der Waals surface area contributed by atoms with E-state index in [1.54, 1.807) is 0 Å². The maximum Gasteiger partial charge on any atom is 0.251 e. The molecule has 0 atom stereocenters. The van der Waals surface area contributed by atoms with E-state index in [-0.39, 0.29) is 5.91 Å². The molecule has 1 aliphatic heterocycles. The summed E-state index contributed by atoms with van der Waals surface area (Å²) in [6, 6.07) is 26.0. The van der Waals surface area contributed by atoms with Gasteiger partial charge in [-0.25, -0.2) is 0 Å². The maximum absolute atomic E-state index is 12.5. The van der Waals surface area contributed by atoms with Crippen LogP contribution in [-0.2, 0) is 7.05 Å². The van der Waals surface area contributed by atoms with E-state index >= 15 is 0 Å². The number of amides is 1. The summed E-state index contributed by atoms with van der Waals surface area (Å²) < 4.78 is 2.26. The highest BCUT2D eigenvalue weighted by Crippen LogP contribution is 2.34. The molecular weight excluding hydrogens is 456 g/mol. The molecule has 5 heteroatoms. The summed E-state index contributed by atoms with van der Waals surface area (Å²) in [5, 5.41) is 13.4. The van der Waals surface area contributed by atoms with Gasteiger partial charge >= 0.3 is 0 Å². The van der Waals surface area contributed by atoms with Crippen molar-refractivity contribution >= 4 is 16.8 Å². The SMILES string of the molecule is Cn1cc(C2CCN(CCCCNC(=O)c3ccc(-c4ccc(C#N)cc4)cc3)CC2)c2ccccc21. The van der Waals surface area contributed by atoms with E-state index in [2.05, 4.69) is 58.4 Å². The summed E-state index contributed by atoms with van der Waals surface area (Å²) >= 11 is 0. The first-order chi connectivity index (χ1) is 18.1. The normalized spacial score (nSPS) is 14.5. The fraction of sp³-hybridized carbons (Fsp3) is 0.312. The third-order valence-electron chi connectivity index (χ3n) is 7.64. The van der Waals surface area contributed by atoms with Gasteiger partial charge in [-0.05, 0) is 98.3 Å². The largest absolute Gasteiger partial charge is 0.352 e. The van der Waals surface area contributed by atoms with Crippen molar-refractivity contribution in [2.45, 2.75) is 31.6 Å². The van der Waals surface area contributed by atoms with Crippen molar-refractivity contribution in [3.8, 4) is 17.2 Å². The van der Waals surface area contributed by atoms with Gasteiger partial charge in [0.05, 0.1) is 11.6 Å². The summed E-state index contributed by atoms with van der Waals surface area (Å²) in [5.41, 5.74) is 6.21. The van der Waals surface area contributed by atoms with Gasteiger partial charge in [0.25, 0.3) is 5.91 Å². The fourth-order valence-corrected chi connectivity index (χ4v) is 5.48. The van der Waals surface area contributed by atoms with Crippen LogP contribution in [0.4, 0.5) is 0 Å². The molecule has 1 N–H and O–H groups in total. The molecule has 5 nitrogen and oxygen atoms in total. The van der Waals surface area contributed by atoms with Crippen molar-refractivity contribution in [2.75, 3.05) is 26.2 Å². The van der Waals surface area contributed by atoms with Crippen LogP contribution >= 0.6 is 0 Å². The number of piperidine rings is 1. The molecule has 0 radical (unpaired) electrons. The van der Waals surface area contributed by atoms with Crippen LogP contribution in [0.5, 0.6) is 0 Å². The van der Waals surface area contributed by atoms with E-state index in [0.29, 0.717) is 23.6 Å². The Balaban J connectivity index is 1.02. The number of carbonyl (C=O) groups is 1. The zero-order valence-electron chi connectivity index (χ0n) is 21.5. The fourth-order valence-electron chi connectivity index (χ4n) is 5.48. The van der Waals surface area contributed by atoms with E-state index in [9.17, 15) is 4.79 Å². The topological polar surface area (TPSA) is 61.1 Å². The number of likely N-dealkylation sites (tertiary alicyclic amines) is 1. The van der Waals surface area contributed by atoms with Crippen LogP contribution in [0.2, 0.25) is 0 Å². The summed E-state index contributed by atoms with van der Waals surface area (Å²) in [4.78, 5) is 15.1. The van der Waals surface area contributed by atoms with Crippen molar-refractivity contribution in [3.05, 3.63) is 95.7 Å². The standard InChI is InChI=1S/C32H34N4O/c1-35-23-30(29-6-2-3-7-31(29)35)27-16-20-36(21-17-27)19-5-4-18-34-32(37)28-14-12-26(13-15-28)25-10-8-24(22-33)9-11-25/h2-3,6-15,23,27H,4-5,16-21H2,1H3,(H,34,37). The maximum atomic E-state index is 12.5. The number of fused-ring (bicyclic) bond motifs is 1. The molecule has 1 fully saturated rings. The first-order valence-corrected chi connectivity index (χ1v) is 13.3. The van der Waals surface area contributed by atoms with Crippen LogP contribution in [0.15, 0.2) is 79.0 Å². The lowest BCUT2D eigenvalue weighted by molar-refractivity contribution is 0.0952. The number of para-hydroxylation sites is 1. The average molecular weight is 491 g/mol. The average Bonchev–Trinajstić information content (AvgIpc) is 3.29. The van der Waals surface area contributed by atoms with Crippen LogP contribution < -0.4 is 5.32 Å². The van der Waals surface area contributed by atoms with Gasteiger partial charge in [0.15, 0.2) is 0 Å². The highest BCUT2D eigenvalue weighted by atomic mass is 16.1. The van der Waals surface area contributed by atoms with E-state index in [0.717, 1.165) is 43.6 Å². The van der Waals surface area contributed by atoms with Crippen molar-refractivity contribution in [3.63, 3.8) is 0 Å². The second-order valence-corrected chi connectivity index (χ2v) is 10.1. The molecule has 0 bridgehead atoms. The van der Waals surface area contributed by atoms with Crippen molar-refractivity contribution < 1.29 is 4.79 Å². The van der Waals surface area contributed by atoms with Gasteiger partial charge in [0.1, 0.15) is 0 Å². The molecule has 0 aliphatic carbocycles. The quantitative estimate of drug-likeness (QED) is 0.303. The third-order valence-corrected chi connectivity index (χ3v) is 7.64. The third kappa shape index (κ3) is 5.76. The number of aryl methyl sites for hydroxylation is 1. The van der Waals surface area contributed by atoms with Gasteiger partial charge in [0.2, 0.25) is 0 Å². The van der Waals surface area contributed by atoms with Crippen molar-refractivity contribution in [1.29, 1.82) is 5.26 Å². The first-order valence-electron chi connectivity index (χ1n) is 13.3. The molecular formula is C32H34N4O. The Morgan fingerprint density at radius 2 is 1.62 bits per heavy atom. The van der Waals surface area contributed by atoms with Crippen molar-refractivity contribution in [1.82, 2.24) is 14.8 Å². The van der Waals surface area contributed by atoms with Crippen LogP contribution in [0.3, 0.4) is 0 Å². The van der Waals surface area contributed by atoms with Crippen LogP contribution in [0.25, 0.3) is 22.0 Å². The lowest BCUT2D eigenvalue weighted by atomic mass is 9.89. The molecule has 37 heavy (non-hydrogen) atoms. The predicted molar refractivity (Wildman–Crippen MR) is 149 cm³/mol. The molecule has 0 saturated carbocycles.